The summed E-state index contributed by atoms with van der Waals surface area (Å²) in [6, 6.07) is 13.2. The van der Waals surface area contributed by atoms with Crippen molar-refractivity contribution in [3.05, 3.63) is 82.1 Å². The summed E-state index contributed by atoms with van der Waals surface area (Å²) in [7, 11) is -2.25. The van der Waals surface area contributed by atoms with Crippen LogP contribution < -0.4 is 4.72 Å². The first-order valence-electron chi connectivity index (χ1n) is 9.47. The van der Waals surface area contributed by atoms with Crippen LogP contribution in [-0.4, -0.2) is 28.7 Å². The summed E-state index contributed by atoms with van der Waals surface area (Å²) in [4.78, 5) is 12.3. The number of carbonyl (C=O) groups excluding carboxylic acids is 1. The van der Waals surface area contributed by atoms with Crippen LogP contribution in [0, 0.1) is 6.92 Å². The molecule has 0 saturated heterocycles. The number of hydrogen-bond donors (Lipinski definition) is 1. The van der Waals surface area contributed by atoms with Gasteiger partial charge in [0.25, 0.3) is 15.9 Å². The first-order chi connectivity index (χ1) is 15.2. The van der Waals surface area contributed by atoms with Gasteiger partial charge in [0, 0.05) is 40.3 Å². The normalized spacial score (nSPS) is 12.0. The molecule has 0 radical (unpaired) electrons. The predicted octanol–water partition coefficient (Wildman–Crippen LogP) is 4.50. The average Bonchev–Trinajstić information content (AvgIpc) is 3.24. The third-order valence-corrected chi connectivity index (χ3v) is 6.68. The molecular formula is C22H18Cl2N4O3S. The Bertz CT molecular complexity index is 1490. The largest absolute Gasteiger partial charge is 0.301 e. The second kappa shape index (κ2) is 8.46. The summed E-state index contributed by atoms with van der Waals surface area (Å²) in [5.74, 6) is -0.0649. The predicted molar refractivity (Wildman–Crippen MR) is 126 cm³/mol. The fraction of sp³-hybridized carbons (Fsp3) is 0.0909. The molecule has 0 atom stereocenters. The summed E-state index contributed by atoms with van der Waals surface area (Å²) in [6.45, 7) is 1.81. The highest BCUT2D eigenvalue weighted by molar-refractivity contribution is 7.90. The van der Waals surface area contributed by atoms with E-state index in [-0.39, 0.29) is 9.92 Å². The van der Waals surface area contributed by atoms with Gasteiger partial charge in [-0.15, -0.1) is 0 Å². The minimum absolute atomic E-state index is 0.0949. The second-order valence-electron chi connectivity index (χ2n) is 7.10. The lowest BCUT2D eigenvalue weighted by atomic mass is 10.2. The Morgan fingerprint density at radius 3 is 2.59 bits per heavy atom. The SMILES string of the molecule is Cc1nn(C)c(-n2ccc3cc(Cl)ccc32)c1C=CC(=O)NS(=O)(=O)c1cccc(Cl)c1. The summed E-state index contributed by atoms with van der Waals surface area (Å²) in [5, 5.41) is 6.30. The van der Waals surface area contributed by atoms with E-state index in [1.165, 1.54) is 18.2 Å². The number of carbonyl (C=O) groups is 1. The van der Waals surface area contributed by atoms with Gasteiger partial charge >= 0.3 is 0 Å². The number of hydrogen-bond acceptors (Lipinski definition) is 4. The lowest BCUT2D eigenvalue weighted by Gasteiger charge is -2.08. The van der Waals surface area contributed by atoms with Crippen LogP contribution in [0.2, 0.25) is 10.0 Å². The van der Waals surface area contributed by atoms with Gasteiger partial charge in [-0.2, -0.15) is 5.10 Å². The molecule has 0 spiro atoms. The number of aryl methyl sites for hydroxylation is 2. The van der Waals surface area contributed by atoms with E-state index in [9.17, 15) is 13.2 Å². The van der Waals surface area contributed by atoms with Crippen LogP contribution >= 0.6 is 23.2 Å². The zero-order valence-corrected chi connectivity index (χ0v) is 19.4. The Labute approximate surface area is 194 Å². The number of benzene rings is 2. The fourth-order valence-electron chi connectivity index (χ4n) is 3.46. The van der Waals surface area contributed by atoms with E-state index in [0.29, 0.717) is 16.3 Å². The summed E-state index contributed by atoms with van der Waals surface area (Å²) >= 11 is 11.9. The molecule has 4 aromatic rings. The smallest absolute Gasteiger partial charge is 0.264 e. The van der Waals surface area contributed by atoms with Gasteiger partial charge in [-0.05, 0) is 55.5 Å². The molecule has 0 aliphatic heterocycles. The highest BCUT2D eigenvalue weighted by Crippen LogP contribution is 2.27. The van der Waals surface area contributed by atoms with E-state index in [1.807, 2.05) is 40.6 Å². The Hall–Kier alpha value is -3.07. The van der Waals surface area contributed by atoms with E-state index in [1.54, 1.807) is 29.9 Å². The number of halogens is 2. The van der Waals surface area contributed by atoms with E-state index in [4.69, 9.17) is 23.2 Å². The third kappa shape index (κ3) is 4.29. The fourth-order valence-corrected chi connectivity index (χ4v) is 4.89. The minimum Gasteiger partial charge on any atom is -0.301 e. The van der Waals surface area contributed by atoms with Crippen LogP contribution in [0.5, 0.6) is 0 Å². The molecule has 0 aliphatic rings. The molecule has 2 heterocycles. The first kappa shape index (κ1) is 22.1. The van der Waals surface area contributed by atoms with Crippen LogP contribution in [0.3, 0.4) is 0 Å². The van der Waals surface area contributed by atoms with Gasteiger partial charge in [-0.25, -0.2) is 13.1 Å². The third-order valence-electron chi connectivity index (χ3n) is 4.86. The van der Waals surface area contributed by atoms with Crippen molar-refractivity contribution in [1.82, 2.24) is 19.1 Å². The maximum absolute atomic E-state index is 12.4. The molecular weight excluding hydrogens is 471 g/mol. The van der Waals surface area contributed by atoms with Crippen LogP contribution in [-0.2, 0) is 21.9 Å². The number of amides is 1. The molecule has 0 unspecified atom stereocenters. The van der Waals surface area contributed by atoms with Crippen molar-refractivity contribution in [2.75, 3.05) is 0 Å². The molecule has 2 aromatic carbocycles. The zero-order valence-electron chi connectivity index (χ0n) is 17.1. The van der Waals surface area contributed by atoms with Gasteiger partial charge < -0.3 is 4.57 Å². The Kier molecular flexibility index (Phi) is 5.85. The molecule has 0 bridgehead atoms. The lowest BCUT2D eigenvalue weighted by molar-refractivity contribution is -0.114. The molecule has 4 rings (SSSR count). The number of rotatable bonds is 5. The topological polar surface area (TPSA) is 86.0 Å². The van der Waals surface area contributed by atoms with Gasteiger partial charge in [0.2, 0.25) is 0 Å². The summed E-state index contributed by atoms with van der Waals surface area (Å²) in [6.07, 6.45) is 4.60. The molecule has 164 valence electrons. The number of aromatic nitrogens is 3. The Morgan fingerprint density at radius 2 is 1.84 bits per heavy atom. The maximum Gasteiger partial charge on any atom is 0.264 e. The number of fused-ring (bicyclic) bond motifs is 1. The number of nitrogens with one attached hydrogen (secondary N) is 1. The molecule has 10 heteroatoms. The van der Waals surface area contributed by atoms with Crippen LogP contribution in [0.15, 0.2) is 65.7 Å². The van der Waals surface area contributed by atoms with E-state index in [2.05, 4.69) is 5.10 Å². The van der Waals surface area contributed by atoms with Crippen molar-refractivity contribution >= 4 is 56.1 Å². The summed E-state index contributed by atoms with van der Waals surface area (Å²) in [5.41, 5.74) is 2.27. The quantitative estimate of drug-likeness (QED) is 0.419. The van der Waals surface area contributed by atoms with Gasteiger partial charge in [-0.1, -0.05) is 29.3 Å². The van der Waals surface area contributed by atoms with Gasteiger partial charge in [0.1, 0.15) is 5.82 Å². The molecule has 1 amide bonds. The zero-order chi connectivity index (χ0) is 23.0. The van der Waals surface area contributed by atoms with Crippen LogP contribution in [0.4, 0.5) is 0 Å². The second-order valence-corrected chi connectivity index (χ2v) is 9.65. The van der Waals surface area contributed by atoms with Crippen LogP contribution in [0.1, 0.15) is 11.3 Å². The molecule has 0 saturated carbocycles. The van der Waals surface area contributed by atoms with Crippen molar-refractivity contribution < 1.29 is 13.2 Å². The van der Waals surface area contributed by atoms with E-state index in [0.717, 1.165) is 22.8 Å². The molecule has 0 fully saturated rings. The van der Waals surface area contributed by atoms with Crippen molar-refractivity contribution in [2.45, 2.75) is 11.8 Å². The Balaban J connectivity index is 1.66. The van der Waals surface area contributed by atoms with Gasteiger partial charge in [0.15, 0.2) is 0 Å². The maximum atomic E-state index is 12.4. The molecule has 0 aliphatic carbocycles. The van der Waals surface area contributed by atoms with Gasteiger partial charge in [0.05, 0.1) is 16.1 Å². The highest BCUT2D eigenvalue weighted by atomic mass is 35.5. The highest BCUT2D eigenvalue weighted by Gasteiger charge is 2.18. The number of nitrogens with zero attached hydrogens (tertiary/aromatic N) is 3. The minimum atomic E-state index is -4.05. The van der Waals surface area contributed by atoms with Gasteiger partial charge in [-0.3, -0.25) is 9.48 Å². The molecule has 2 aromatic heterocycles. The monoisotopic (exact) mass is 488 g/mol. The molecule has 1 N–H and O–H groups in total. The van der Waals surface area contributed by atoms with E-state index < -0.39 is 15.9 Å². The first-order valence-corrected chi connectivity index (χ1v) is 11.7. The van der Waals surface area contributed by atoms with Crippen LogP contribution in [0.25, 0.3) is 22.8 Å². The Morgan fingerprint density at radius 1 is 1.09 bits per heavy atom. The van der Waals surface area contributed by atoms with Crippen molar-refractivity contribution in [1.29, 1.82) is 0 Å². The number of sulfonamides is 1. The molecule has 32 heavy (non-hydrogen) atoms. The summed E-state index contributed by atoms with van der Waals surface area (Å²) < 4.78 is 30.6. The average molecular weight is 489 g/mol. The van der Waals surface area contributed by atoms with E-state index >= 15 is 0 Å². The molecule has 7 nitrogen and oxygen atoms in total. The van der Waals surface area contributed by atoms with Crippen molar-refractivity contribution in [3.63, 3.8) is 0 Å². The van der Waals surface area contributed by atoms with Crippen molar-refractivity contribution in [3.8, 4) is 5.82 Å². The standard InChI is InChI=1S/C22H18Cl2N4O3S/c1-14-19(7-9-21(29)26-32(30,31)18-5-3-4-16(23)13-18)22(27(2)25-14)28-11-10-15-12-17(24)6-8-20(15)28/h3-13H,1-2H3,(H,26,29). The lowest BCUT2D eigenvalue weighted by Crippen LogP contribution is -2.28. The van der Waals surface area contributed by atoms with Crippen molar-refractivity contribution in [2.24, 2.45) is 7.05 Å².